The van der Waals surface area contributed by atoms with Crippen molar-refractivity contribution in [2.24, 2.45) is 0 Å². The molecular formula is C48H28N8S. The van der Waals surface area contributed by atoms with Crippen LogP contribution in [0.15, 0.2) is 170 Å². The predicted molar refractivity (Wildman–Crippen MR) is 231 cm³/mol. The van der Waals surface area contributed by atoms with E-state index in [1.165, 1.54) is 25.6 Å². The fraction of sp³-hybridized carbons (Fsp3) is 0. The van der Waals surface area contributed by atoms with Crippen molar-refractivity contribution in [2.75, 3.05) is 0 Å². The van der Waals surface area contributed by atoms with Gasteiger partial charge < -0.3 is 4.57 Å². The van der Waals surface area contributed by atoms with E-state index in [1.807, 2.05) is 41.7 Å². The first-order valence-corrected chi connectivity index (χ1v) is 19.5. The Hall–Kier alpha value is -7.62. The van der Waals surface area contributed by atoms with Gasteiger partial charge in [0, 0.05) is 83.5 Å². The Morgan fingerprint density at radius 2 is 1.11 bits per heavy atom. The van der Waals surface area contributed by atoms with Crippen LogP contribution in [0.2, 0.25) is 0 Å². The van der Waals surface area contributed by atoms with Crippen molar-refractivity contribution in [2.45, 2.75) is 0 Å². The van der Waals surface area contributed by atoms with Gasteiger partial charge in [0.15, 0.2) is 11.6 Å². The van der Waals surface area contributed by atoms with Crippen molar-refractivity contribution < 1.29 is 0 Å². The molecule has 0 unspecified atom stereocenters. The van der Waals surface area contributed by atoms with Crippen molar-refractivity contribution in [3.8, 4) is 45.7 Å². The number of hydrogen-bond acceptors (Lipinski definition) is 7. The lowest BCUT2D eigenvalue weighted by molar-refractivity contribution is 0.951. The van der Waals surface area contributed by atoms with Gasteiger partial charge >= 0.3 is 0 Å². The van der Waals surface area contributed by atoms with E-state index in [1.54, 1.807) is 24.8 Å². The van der Waals surface area contributed by atoms with Crippen molar-refractivity contribution in [1.29, 1.82) is 0 Å². The molecule has 57 heavy (non-hydrogen) atoms. The SMILES string of the molecule is c1ccc(-c2ccc3c(n2)c2c4sc5ccccc5c4ccc2n3-c2ccc3c(c2)c2ccccc2n3-c2nc(-c3cccnc3)nc(-c3cccnc3)n2)cc1. The lowest BCUT2D eigenvalue weighted by Crippen LogP contribution is -2.06. The van der Waals surface area contributed by atoms with E-state index in [-0.39, 0.29) is 0 Å². The number of fused-ring (bicyclic) bond motifs is 10. The number of pyridine rings is 3. The molecule has 12 aromatic rings. The average molecular weight is 749 g/mol. The van der Waals surface area contributed by atoms with E-state index < -0.39 is 0 Å². The van der Waals surface area contributed by atoms with E-state index >= 15 is 0 Å². The Balaban J connectivity index is 1.12. The molecule has 0 saturated heterocycles. The number of benzene rings is 5. The van der Waals surface area contributed by atoms with Crippen LogP contribution in [0.5, 0.6) is 0 Å². The van der Waals surface area contributed by atoms with Gasteiger partial charge in [-0.1, -0.05) is 72.8 Å². The average Bonchev–Trinajstić information content (AvgIpc) is 3.94. The van der Waals surface area contributed by atoms with Gasteiger partial charge in [-0.05, 0) is 72.8 Å². The van der Waals surface area contributed by atoms with Crippen LogP contribution in [-0.4, -0.2) is 39.0 Å². The third-order valence-corrected chi connectivity index (χ3v) is 12.0. The summed E-state index contributed by atoms with van der Waals surface area (Å²) in [6, 6.07) is 50.8. The highest BCUT2D eigenvalue weighted by molar-refractivity contribution is 7.26. The number of nitrogens with zero attached hydrogens (tertiary/aromatic N) is 8. The highest BCUT2D eigenvalue weighted by atomic mass is 32.1. The molecule has 0 N–H and O–H groups in total. The number of aromatic nitrogens is 8. The first-order valence-electron chi connectivity index (χ1n) is 18.7. The quantitative estimate of drug-likeness (QED) is 0.174. The topological polar surface area (TPSA) is 87.2 Å². The molecule has 0 radical (unpaired) electrons. The van der Waals surface area contributed by atoms with Crippen LogP contribution in [0.25, 0.3) is 110 Å². The smallest absolute Gasteiger partial charge is 0.238 e. The zero-order chi connectivity index (χ0) is 37.5. The molecule has 8 nitrogen and oxygen atoms in total. The second kappa shape index (κ2) is 12.5. The lowest BCUT2D eigenvalue weighted by Gasteiger charge is -2.11. The largest absolute Gasteiger partial charge is 0.308 e. The zero-order valence-corrected chi connectivity index (χ0v) is 31.0. The van der Waals surface area contributed by atoms with Crippen LogP contribution in [0.4, 0.5) is 0 Å². The van der Waals surface area contributed by atoms with E-state index in [0.29, 0.717) is 17.6 Å². The minimum absolute atomic E-state index is 0.517. The van der Waals surface area contributed by atoms with Crippen LogP contribution in [0.3, 0.4) is 0 Å². The minimum atomic E-state index is 0.517. The molecule has 9 heteroatoms. The van der Waals surface area contributed by atoms with Crippen molar-refractivity contribution in [3.63, 3.8) is 0 Å². The fourth-order valence-electron chi connectivity index (χ4n) is 8.22. The molecule has 7 heterocycles. The van der Waals surface area contributed by atoms with Gasteiger partial charge in [-0.2, -0.15) is 9.97 Å². The fourth-order valence-corrected chi connectivity index (χ4v) is 9.46. The summed E-state index contributed by atoms with van der Waals surface area (Å²) in [5, 5.41) is 5.87. The first kappa shape index (κ1) is 31.7. The zero-order valence-electron chi connectivity index (χ0n) is 30.2. The number of rotatable bonds is 5. The summed E-state index contributed by atoms with van der Waals surface area (Å²) in [5.41, 5.74) is 9.83. The molecule has 0 atom stereocenters. The maximum absolute atomic E-state index is 5.41. The van der Waals surface area contributed by atoms with E-state index in [9.17, 15) is 0 Å². The van der Waals surface area contributed by atoms with Gasteiger partial charge in [0.05, 0.1) is 33.3 Å². The van der Waals surface area contributed by atoms with Gasteiger partial charge in [0.1, 0.15) is 0 Å². The van der Waals surface area contributed by atoms with Crippen molar-refractivity contribution in [3.05, 3.63) is 170 Å². The van der Waals surface area contributed by atoms with E-state index in [4.69, 9.17) is 19.9 Å². The molecule has 7 aromatic heterocycles. The van der Waals surface area contributed by atoms with Gasteiger partial charge in [-0.3, -0.25) is 14.5 Å². The summed E-state index contributed by atoms with van der Waals surface area (Å²) in [4.78, 5) is 29.2. The molecule has 5 aromatic carbocycles. The van der Waals surface area contributed by atoms with Crippen LogP contribution in [0, 0.1) is 0 Å². The van der Waals surface area contributed by atoms with Crippen LogP contribution >= 0.6 is 11.3 Å². The predicted octanol–water partition coefficient (Wildman–Crippen LogP) is 11.6. The third-order valence-electron chi connectivity index (χ3n) is 10.8. The molecule has 0 saturated carbocycles. The highest BCUT2D eigenvalue weighted by Gasteiger charge is 2.22. The number of hydrogen-bond donors (Lipinski definition) is 0. The molecule has 266 valence electrons. The summed E-state index contributed by atoms with van der Waals surface area (Å²) in [6.07, 6.45) is 7.05. The monoisotopic (exact) mass is 748 g/mol. The minimum Gasteiger partial charge on any atom is -0.308 e. The van der Waals surface area contributed by atoms with Crippen LogP contribution < -0.4 is 0 Å². The molecular weight excluding hydrogens is 721 g/mol. The Labute approximate surface area is 329 Å². The molecule has 0 aliphatic carbocycles. The maximum atomic E-state index is 5.41. The summed E-state index contributed by atoms with van der Waals surface area (Å²) in [7, 11) is 0. The standard InChI is InChI=1S/C48H28N8S/c1-2-10-29(11-3-1)37-20-23-41-44(51-37)43-40(22-19-35-34-15-5-7-17-42(34)57-45(35)43)55(41)32-18-21-39-36(26-32)33-14-4-6-16-38(33)56(39)48-53-46(30-12-8-24-49-27-30)52-47(54-48)31-13-9-25-50-28-31/h1-28H. The lowest BCUT2D eigenvalue weighted by atomic mass is 10.1. The number of para-hydroxylation sites is 1. The molecule has 0 aliphatic rings. The van der Waals surface area contributed by atoms with E-state index in [2.05, 4.69) is 134 Å². The molecule has 12 rings (SSSR count). The van der Waals surface area contributed by atoms with E-state index in [0.717, 1.165) is 66.4 Å². The van der Waals surface area contributed by atoms with Crippen LogP contribution in [-0.2, 0) is 0 Å². The summed E-state index contributed by atoms with van der Waals surface area (Å²) in [6.45, 7) is 0. The molecule has 0 bridgehead atoms. The second-order valence-electron chi connectivity index (χ2n) is 14.0. The van der Waals surface area contributed by atoms with Gasteiger partial charge in [-0.25, -0.2) is 9.97 Å². The van der Waals surface area contributed by atoms with Gasteiger partial charge in [-0.15, -0.1) is 11.3 Å². The maximum Gasteiger partial charge on any atom is 0.238 e. The molecule has 0 amide bonds. The number of thiophene rings is 1. The third kappa shape index (κ3) is 4.92. The molecule has 0 spiro atoms. The summed E-state index contributed by atoms with van der Waals surface area (Å²) >= 11 is 1.84. The summed E-state index contributed by atoms with van der Waals surface area (Å²) in [5.74, 6) is 1.59. The second-order valence-corrected chi connectivity index (χ2v) is 15.1. The van der Waals surface area contributed by atoms with Gasteiger partial charge in [0.25, 0.3) is 0 Å². The summed E-state index contributed by atoms with van der Waals surface area (Å²) < 4.78 is 7.02. The van der Waals surface area contributed by atoms with Crippen LogP contribution in [0.1, 0.15) is 0 Å². The Kier molecular flexibility index (Phi) is 6.93. The van der Waals surface area contributed by atoms with Crippen molar-refractivity contribution >= 4 is 75.3 Å². The normalized spacial score (nSPS) is 11.9. The van der Waals surface area contributed by atoms with Gasteiger partial charge in [0.2, 0.25) is 5.95 Å². The Morgan fingerprint density at radius 1 is 0.439 bits per heavy atom. The molecule has 0 aliphatic heterocycles. The Morgan fingerprint density at radius 3 is 1.88 bits per heavy atom. The first-order chi connectivity index (χ1) is 28.3. The Bertz CT molecular complexity index is 3460. The van der Waals surface area contributed by atoms with Crippen molar-refractivity contribution in [1.82, 2.24) is 39.0 Å². The highest BCUT2D eigenvalue weighted by Crippen LogP contribution is 2.44. The molecule has 0 fully saturated rings.